The number of fused-ring (bicyclic) bond motifs is 1. The smallest absolute Gasteiger partial charge is 0.244 e. The first-order valence-corrected chi connectivity index (χ1v) is 8.74. The summed E-state index contributed by atoms with van der Waals surface area (Å²) >= 11 is 0. The molecule has 6 heteroatoms. The summed E-state index contributed by atoms with van der Waals surface area (Å²) < 4.78 is 1.95. The molecule has 2 N–H and O–H groups in total. The molecular weight excluding hydrogens is 340 g/mol. The lowest BCUT2D eigenvalue weighted by Crippen LogP contribution is -2.27. The first-order valence-electron chi connectivity index (χ1n) is 8.74. The van der Waals surface area contributed by atoms with E-state index in [1.54, 1.807) is 24.5 Å². The van der Waals surface area contributed by atoms with E-state index in [4.69, 9.17) is 0 Å². The molecule has 1 heterocycles. The van der Waals surface area contributed by atoms with Crippen molar-refractivity contribution in [1.29, 1.82) is 0 Å². The Hall–Kier alpha value is -3.41. The average molecular weight is 362 g/mol. The second-order valence-corrected chi connectivity index (χ2v) is 6.41. The number of carbonyl (C=O) groups excluding carboxylic acids is 1. The minimum absolute atomic E-state index is 0.116. The SMILES string of the molecule is C=CCc1ccc(/C=N\NC(=O)[C@@H](C)Cn2cnc3ccccc32)c(O)c1. The standard InChI is InChI=1S/C21H22N4O2/c1-3-6-16-9-10-17(20(26)11-16)12-23-24-21(27)15(2)13-25-14-22-18-7-4-5-8-19(18)25/h3-5,7-12,14-15,26H,1,6,13H2,2H3,(H,24,27)/b23-12-/t15-/m0/s1. The van der Waals surface area contributed by atoms with Crippen LogP contribution < -0.4 is 5.43 Å². The van der Waals surface area contributed by atoms with Gasteiger partial charge < -0.3 is 9.67 Å². The monoisotopic (exact) mass is 362 g/mol. The Balaban J connectivity index is 1.60. The Morgan fingerprint density at radius 1 is 1.37 bits per heavy atom. The fourth-order valence-corrected chi connectivity index (χ4v) is 2.80. The van der Waals surface area contributed by atoms with Crippen LogP contribution >= 0.6 is 0 Å². The molecule has 0 radical (unpaired) electrons. The lowest BCUT2D eigenvalue weighted by atomic mass is 10.1. The third kappa shape index (κ3) is 4.41. The molecule has 2 aromatic carbocycles. The van der Waals surface area contributed by atoms with E-state index >= 15 is 0 Å². The summed E-state index contributed by atoms with van der Waals surface area (Å²) in [6.07, 6.45) is 5.63. The van der Waals surface area contributed by atoms with Gasteiger partial charge in [0.2, 0.25) is 5.91 Å². The number of nitrogens with zero attached hydrogens (tertiary/aromatic N) is 3. The average Bonchev–Trinajstić information content (AvgIpc) is 3.06. The van der Waals surface area contributed by atoms with Crippen LogP contribution in [0.2, 0.25) is 0 Å². The molecule has 27 heavy (non-hydrogen) atoms. The van der Waals surface area contributed by atoms with E-state index in [9.17, 15) is 9.90 Å². The summed E-state index contributed by atoms with van der Waals surface area (Å²) in [5.74, 6) is -0.375. The fourth-order valence-electron chi connectivity index (χ4n) is 2.80. The Labute approximate surface area is 157 Å². The van der Waals surface area contributed by atoms with Gasteiger partial charge in [-0.1, -0.05) is 31.2 Å². The summed E-state index contributed by atoms with van der Waals surface area (Å²) in [6, 6.07) is 13.1. The van der Waals surface area contributed by atoms with E-state index < -0.39 is 0 Å². The van der Waals surface area contributed by atoms with Crippen LogP contribution in [0, 0.1) is 5.92 Å². The van der Waals surface area contributed by atoms with Gasteiger partial charge in [0.1, 0.15) is 5.75 Å². The third-order valence-electron chi connectivity index (χ3n) is 4.30. The van der Waals surface area contributed by atoms with E-state index in [-0.39, 0.29) is 17.6 Å². The van der Waals surface area contributed by atoms with Crippen LogP contribution in [0.25, 0.3) is 11.0 Å². The number of imidazole rings is 1. The maximum Gasteiger partial charge on any atom is 0.244 e. The predicted octanol–water partition coefficient (Wildman–Crippen LogP) is 3.26. The summed E-state index contributed by atoms with van der Waals surface area (Å²) in [4.78, 5) is 16.6. The van der Waals surface area contributed by atoms with Crippen molar-refractivity contribution >= 4 is 23.2 Å². The molecule has 0 aliphatic heterocycles. The van der Waals surface area contributed by atoms with Crippen molar-refractivity contribution in [3.63, 3.8) is 0 Å². The molecule has 0 bridgehead atoms. The summed E-state index contributed by atoms with van der Waals surface area (Å²) in [5, 5.41) is 14.0. The molecule has 0 spiro atoms. The number of amides is 1. The number of para-hydroxylation sites is 2. The van der Waals surface area contributed by atoms with E-state index in [1.165, 1.54) is 6.21 Å². The van der Waals surface area contributed by atoms with Crippen LogP contribution in [-0.2, 0) is 17.8 Å². The van der Waals surface area contributed by atoms with Gasteiger partial charge in [0.25, 0.3) is 0 Å². The van der Waals surface area contributed by atoms with Gasteiger partial charge in [-0.25, -0.2) is 10.4 Å². The number of aromatic hydroxyl groups is 1. The Kier molecular flexibility index (Phi) is 5.66. The number of rotatable bonds is 7. The van der Waals surface area contributed by atoms with Gasteiger partial charge in [0, 0.05) is 12.1 Å². The van der Waals surface area contributed by atoms with Crippen molar-refractivity contribution in [1.82, 2.24) is 15.0 Å². The molecule has 0 aliphatic rings. The number of carbonyl (C=O) groups is 1. The van der Waals surface area contributed by atoms with E-state index in [0.717, 1.165) is 16.6 Å². The molecule has 0 unspecified atom stereocenters. The molecule has 0 saturated carbocycles. The lowest BCUT2D eigenvalue weighted by molar-refractivity contribution is -0.124. The second-order valence-electron chi connectivity index (χ2n) is 6.41. The largest absolute Gasteiger partial charge is 0.507 e. The molecule has 1 amide bonds. The molecule has 1 aromatic heterocycles. The number of benzene rings is 2. The minimum Gasteiger partial charge on any atom is -0.507 e. The second kappa shape index (κ2) is 8.31. The fraction of sp³-hybridized carbons (Fsp3) is 0.190. The molecule has 3 aromatic rings. The molecule has 3 rings (SSSR count). The Morgan fingerprint density at radius 3 is 2.96 bits per heavy atom. The number of aromatic nitrogens is 2. The van der Waals surface area contributed by atoms with Crippen molar-refractivity contribution < 1.29 is 9.90 Å². The minimum atomic E-state index is -0.289. The number of hydrazone groups is 1. The van der Waals surface area contributed by atoms with E-state index in [1.807, 2.05) is 41.8 Å². The molecule has 1 atom stereocenters. The molecule has 0 aliphatic carbocycles. The number of allylic oxidation sites excluding steroid dienone is 1. The van der Waals surface area contributed by atoms with Crippen molar-refractivity contribution in [2.45, 2.75) is 19.9 Å². The zero-order valence-corrected chi connectivity index (χ0v) is 15.2. The number of nitrogens with one attached hydrogen (secondary N) is 1. The van der Waals surface area contributed by atoms with E-state index in [2.05, 4.69) is 22.1 Å². The highest BCUT2D eigenvalue weighted by atomic mass is 16.3. The molecule has 0 saturated heterocycles. The van der Waals surface area contributed by atoms with Crippen LogP contribution in [0.15, 0.2) is 66.5 Å². The lowest BCUT2D eigenvalue weighted by Gasteiger charge is -2.11. The zero-order valence-electron chi connectivity index (χ0n) is 15.2. The van der Waals surface area contributed by atoms with Gasteiger partial charge in [-0.15, -0.1) is 6.58 Å². The van der Waals surface area contributed by atoms with Gasteiger partial charge in [-0.3, -0.25) is 4.79 Å². The van der Waals surface area contributed by atoms with Gasteiger partial charge in [0.05, 0.1) is 29.5 Å². The summed E-state index contributed by atoms with van der Waals surface area (Å²) in [5.41, 5.74) is 5.92. The quantitative estimate of drug-likeness (QED) is 0.385. The van der Waals surface area contributed by atoms with Crippen molar-refractivity contribution in [2.24, 2.45) is 11.0 Å². The Bertz CT molecular complexity index is 991. The molecule has 6 nitrogen and oxygen atoms in total. The molecular formula is C21H22N4O2. The van der Waals surface area contributed by atoms with Gasteiger partial charge in [0.15, 0.2) is 0 Å². The first kappa shape index (κ1) is 18.4. The summed E-state index contributed by atoms with van der Waals surface area (Å²) in [6.45, 7) is 6.01. The molecule has 0 fully saturated rings. The normalized spacial score (nSPS) is 12.3. The molecule has 138 valence electrons. The van der Waals surface area contributed by atoms with Crippen molar-refractivity contribution in [3.8, 4) is 5.75 Å². The highest BCUT2D eigenvalue weighted by Gasteiger charge is 2.14. The number of phenolic OH excluding ortho intramolecular Hbond substituents is 1. The van der Waals surface area contributed by atoms with Crippen molar-refractivity contribution in [3.05, 3.63) is 72.6 Å². The highest BCUT2D eigenvalue weighted by molar-refractivity contribution is 5.85. The van der Waals surface area contributed by atoms with Crippen LogP contribution in [-0.4, -0.2) is 26.8 Å². The van der Waals surface area contributed by atoms with Crippen LogP contribution in [0.3, 0.4) is 0 Å². The van der Waals surface area contributed by atoms with Gasteiger partial charge in [-0.2, -0.15) is 5.10 Å². The topological polar surface area (TPSA) is 79.5 Å². The number of phenols is 1. The van der Waals surface area contributed by atoms with Gasteiger partial charge in [-0.05, 0) is 36.2 Å². The van der Waals surface area contributed by atoms with Crippen LogP contribution in [0.4, 0.5) is 0 Å². The van der Waals surface area contributed by atoms with Crippen LogP contribution in [0.1, 0.15) is 18.1 Å². The van der Waals surface area contributed by atoms with Crippen molar-refractivity contribution in [2.75, 3.05) is 0 Å². The number of hydrogen-bond donors (Lipinski definition) is 2. The van der Waals surface area contributed by atoms with Gasteiger partial charge >= 0.3 is 0 Å². The maximum absolute atomic E-state index is 12.3. The van der Waals surface area contributed by atoms with E-state index in [0.29, 0.717) is 18.5 Å². The summed E-state index contributed by atoms with van der Waals surface area (Å²) in [7, 11) is 0. The highest BCUT2D eigenvalue weighted by Crippen LogP contribution is 2.17. The predicted molar refractivity (Wildman–Crippen MR) is 107 cm³/mol. The zero-order chi connectivity index (χ0) is 19.2. The number of hydrogen-bond acceptors (Lipinski definition) is 4. The van der Waals surface area contributed by atoms with Crippen LogP contribution in [0.5, 0.6) is 5.75 Å². The Morgan fingerprint density at radius 2 is 2.19 bits per heavy atom. The first-order chi connectivity index (χ1) is 13.1. The maximum atomic E-state index is 12.3. The third-order valence-corrected chi connectivity index (χ3v) is 4.30.